The number of hydrogen-bond acceptors (Lipinski definition) is 6. The molecule has 0 saturated carbocycles. The fourth-order valence-corrected chi connectivity index (χ4v) is 3.91. The second-order valence-electron chi connectivity index (χ2n) is 6.84. The molecule has 3 rings (SSSR count). The normalized spacial score (nSPS) is 14.5. The molecule has 0 spiro atoms. The first-order valence-electron chi connectivity index (χ1n) is 10.2. The minimum atomic E-state index is -2.49. The molecule has 2 aromatic rings. The molecule has 11 heteroatoms. The second-order valence-corrected chi connectivity index (χ2v) is 7.57. The zero-order valence-corrected chi connectivity index (χ0v) is 20.9. The van der Waals surface area contributed by atoms with Crippen LogP contribution in [0.2, 0.25) is 0 Å². The Labute approximate surface area is 203 Å². The number of aromatic nitrogens is 2. The summed E-state index contributed by atoms with van der Waals surface area (Å²) < 4.78 is 34.2. The maximum Gasteiger partial charge on any atom is 0.272 e. The van der Waals surface area contributed by atoms with E-state index in [2.05, 4.69) is 31.4 Å². The zero-order chi connectivity index (χ0) is 21.3. The van der Waals surface area contributed by atoms with Gasteiger partial charge in [-0.2, -0.15) is 4.37 Å². The van der Waals surface area contributed by atoms with Crippen LogP contribution in [0.15, 0.2) is 29.3 Å². The quantitative estimate of drug-likeness (QED) is 0.299. The number of guanidine groups is 1. The number of aliphatic imine (C=N–C) groups is 1. The van der Waals surface area contributed by atoms with Crippen molar-refractivity contribution in [2.45, 2.75) is 33.2 Å². The fourth-order valence-electron chi connectivity index (χ4n) is 3.11. The van der Waals surface area contributed by atoms with E-state index in [4.69, 9.17) is 9.73 Å². The van der Waals surface area contributed by atoms with Crippen LogP contribution in [0.1, 0.15) is 25.2 Å². The fraction of sp³-hybridized carbons (Fsp3) is 0.550. The van der Waals surface area contributed by atoms with Gasteiger partial charge in [0.15, 0.2) is 5.96 Å². The van der Waals surface area contributed by atoms with Gasteiger partial charge in [0, 0.05) is 50.7 Å². The van der Waals surface area contributed by atoms with E-state index in [1.807, 2.05) is 13.0 Å². The summed E-state index contributed by atoms with van der Waals surface area (Å²) in [7, 11) is 0. The van der Waals surface area contributed by atoms with Crippen molar-refractivity contribution in [1.29, 1.82) is 0 Å². The van der Waals surface area contributed by atoms with E-state index in [1.54, 1.807) is 18.2 Å². The van der Waals surface area contributed by atoms with Crippen molar-refractivity contribution in [1.82, 2.24) is 19.6 Å². The minimum Gasteiger partial charge on any atom is -0.488 e. The molecule has 1 aromatic heterocycles. The highest BCUT2D eigenvalue weighted by molar-refractivity contribution is 14.0. The molecule has 2 heterocycles. The van der Waals surface area contributed by atoms with Crippen LogP contribution >= 0.6 is 35.5 Å². The average Bonchev–Trinajstić information content (AvgIpc) is 3.25. The van der Waals surface area contributed by atoms with Crippen LogP contribution in [0, 0.1) is 0 Å². The molecule has 172 valence electrons. The van der Waals surface area contributed by atoms with Crippen molar-refractivity contribution in [3.8, 4) is 5.75 Å². The number of anilines is 1. The smallest absolute Gasteiger partial charge is 0.272 e. The summed E-state index contributed by atoms with van der Waals surface area (Å²) in [6.45, 7) is 8.11. The number of rotatable bonds is 8. The Morgan fingerprint density at radius 2 is 2.03 bits per heavy atom. The summed E-state index contributed by atoms with van der Waals surface area (Å²) in [5, 5.41) is 4.33. The van der Waals surface area contributed by atoms with Gasteiger partial charge in [0.25, 0.3) is 6.43 Å². The predicted molar refractivity (Wildman–Crippen MR) is 131 cm³/mol. The van der Waals surface area contributed by atoms with Crippen molar-refractivity contribution in [2.24, 2.45) is 4.99 Å². The summed E-state index contributed by atoms with van der Waals surface area (Å²) in [5.41, 5.74) is 0.914. The summed E-state index contributed by atoms with van der Waals surface area (Å²) in [5.74, 6) is 2.18. The predicted octanol–water partition coefficient (Wildman–Crippen LogP) is 3.65. The molecule has 7 nitrogen and oxygen atoms in total. The van der Waals surface area contributed by atoms with Gasteiger partial charge in [-0.25, -0.2) is 18.8 Å². The van der Waals surface area contributed by atoms with Gasteiger partial charge in [-0.15, -0.1) is 24.0 Å². The number of benzene rings is 1. The molecule has 1 aromatic carbocycles. The molecule has 1 fully saturated rings. The van der Waals surface area contributed by atoms with E-state index in [9.17, 15) is 8.78 Å². The third-order valence-electron chi connectivity index (χ3n) is 4.64. The van der Waals surface area contributed by atoms with Crippen LogP contribution in [-0.4, -0.2) is 66.0 Å². The standard InChI is InChI=1S/C20H28F2N6OS.HI/c1-3-18-25-20(30-26-18)28-10-8-27(9-11-28)19(23-4-2)24-13-15-6-5-7-16(12-15)29-14-17(21)22;/h5-7,12,17H,3-4,8-11,13-14H2,1-2H3,(H,23,24);1H. The van der Waals surface area contributed by atoms with Crippen LogP contribution in [-0.2, 0) is 13.0 Å². The summed E-state index contributed by atoms with van der Waals surface area (Å²) in [6.07, 6.45) is -1.64. The molecular formula is C20H29F2IN6OS. The number of nitrogens with zero attached hydrogens (tertiary/aromatic N) is 5. The summed E-state index contributed by atoms with van der Waals surface area (Å²) in [4.78, 5) is 13.8. The number of alkyl halides is 2. The number of hydrogen-bond donors (Lipinski definition) is 1. The van der Waals surface area contributed by atoms with Crippen LogP contribution in [0.3, 0.4) is 0 Å². The van der Waals surface area contributed by atoms with E-state index in [-0.39, 0.29) is 24.0 Å². The zero-order valence-electron chi connectivity index (χ0n) is 17.8. The highest BCUT2D eigenvalue weighted by Crippen LogP contribution is 2.19. The van der Waals surface area contributed by atoms with Gasteiger partial charge in [-0.3, -0.25) is 0 Å². The van der Waals surface area contributed by atoms with Crippen molar-refractivity contribution in [2.75, 3.05) is 44.2 Å². The Hall–Kier alpha value is -1.76. The van der Waals surface area contributed by atoms with Crippen molar-refractivity contribution in [3.63, 3.8) is 0 Å². The first-order valence-corrected chi connectivity index (χ1v) is 11.0. The van der Waals surface area contributed by atoms with Gasteiger partial charge in [0.2, 0.25) is 5.13 Å². The molecule has 31 heavy (non-hydrogen) atoms. The molecule has 1 aliphatic rings. The van der Waals surface area contributed by atoms with E-state index < -0.39 is 13.0 Å². The Morgan fingerprint density at radius 1 is 1.26 bits per heavy atom. The van der Waals surface area contributed by atoms with Crippen LogP contribution < -0.4 is 15.0 Å². The molecule has 0 unspecified atom stereocenters. The molecule has 1 aliphatic heterocycles. The Kier molecular flexibility index (Phi) is 10.6. The maximum absolute atomic E-state index is 12.4. The van der Waals surface area contributed by atoms with Crippen molar-refractivity contribution in [3.05, 3.63) is 35.7 Å². The summed E-state index contributed by atoms with van der Waals surface area (Å²) in [6, 6.07) is 7.15. The highest BCUT2D eigenvalue weighted by atomic mass is 127. The lowest BCUT2D eigenvalue weighted by Gasteiger charge is -2.36. The van der Waals surface area contributed by atoms with E-state index >= 15 is 0 Å². The van der Waals surface area contributed by atoms with Gasteiger partial charge in [0.05, 0.1) is 6.54 Å². The SMILES string of the molecule is CCNC(=NCc1cccc(OCC(F)F)c1)N1CCN(c2nc(CC)ns2)CC1.I. The minimum absolute atomic E-state index is 0. The lowest BCUT2D eigenvalue weighted by molar-refractivity contribution is 0.0818. The number of ether oxygens (including phenoxy) is 1. The molecule has 1 saturated heterocycles. The molecule has 0 atom stereocenters. The molecule has 0 bridgehead atoms. The van der Waals surface area contributed by atoms with Gasteiger partial charge in [0.1, 0.15) is 18.2 Å². The summed E-state index contributed by atoms with van der Waals surface area (Å²) >= 11 is 1.46. The van der Waals surface area contributed by atoms with E-state index in [1.165, 1.54) is 11.5 Å². The number of halogens is 3. The Morgan fingerprint density at radius 3 is 2.68 bits per heavy atom. The third-order valence-corrected chi connectivity index (χ3v) is 5.46. The Balaban J connectivity index is 0.00000341. The van der Waals surface area contributed by atoms with Crippen molar-refractivity contribution < 1.29 is 13.5 Å². The van der Waals surface area contributed by atoms with Gasteiger partial charge in [-0.1, -0.05) is 19.1 Å². The Bertz CT molecular complexity index is 830. The molecular weight excluding hydrogens is 537 g/mol. The largest absolute Gasteiger partial charge is 0.488 e. The lowest BCUT2D eigenvalue weighted by atomic mass is 10.2. The molecule has 0 aliphatic carbocycles. The topological polar surface area (TPSA) is 65.9 Å². The number of nitrogens with one attached hydrogen (secondary N) is 1. The number of aryl methyl sites for hydroxylation is 1. The van der Waals surface area contributed by atoms with Crippen LogP contribution in [0.25, 0.3) is 0 Å². The first-order chi connectivity index (χ1) is 14.6. The second kappa shape index (κ2) is 12.9. The van der Waals surface area contributed by atoms with Gasteiger partial charge < -0.3 is 19.9 Å². The number of piperazine rings is 1. The third kappa shape index (κ3) is 7.70. The van der Waals surface area contributed by atoms with Gasteiger partial charge in [-0.05, 0) is 24.6 Å². The molecule has 1 N–H and O–H groups in total. The van der Waals surface area contributed by atoms with Crippen LogP contribution in [0.5, 0.6) is 5.75 Å². The average molecular weight is 566 g/mol. The molecule has 0 amide bonds. The molecule has 0 radical (unpaired) electrons. The monoisotopic (exact) mass is 566 g/mol. The van der Waals surface area contributed by atoms with E-state index in [0.29, 0.717) is 12.3 Å². The van der Waals surface area contributed by atoms with E-state index in [0.717, 1.165) is 61.6 Å². The maximum atomic E-state index is 12.4. The first kappa shape index (κ1) is 25.5. The van der Waals surface area contributed by atoms with Gasteiger partial charge >= 0.3 is 0 Å². The lowest BCUT2D eigenvalue weighted by Crippen LogP contribution is -2.52. The highest BCUT2D eigenvalue weighted by Gasteiger charge is 2.22. The van der Waals surface area contributed by atoms with Crippen LogP contribution in [0.4, 0.5) is 13.9 Å². The van der Waals surface area contributed by atoms with Crippen molar-refractivity contribution >= 4 is 46.6 Å².